The molecule has 4 nitrogen and oxygen atoms in total. The average Bonchev–Trinajstić information content (AvgIpc) is 2.05. The fourth-order valence-corrected chi connectivity index (χ4v) is 0.821. The quantitative estimate of drug-likeness (QED) is 0.434. The molecule has 0 aromatic rings. The van der Waals surface area contributed by atoms with Gasteiger partial charge < -0.3 is 0 Å². The van der Waals surface area contributed by atoms with Gasteiger partial charge in [-0.3, -0.25) is 9.80 Å². The highest BCUT2D eigenvalue weighted by Gasteiger charge is 2.02. The third-order valence-electron chi connectivity index (χ3n) is 1.61. The Morgan fingerprint density at radius 1 is 1.42 bits per heavy atom. The van der Waals surface area contributed by atoms with Gasteiger partial charge in [-0.05, 0) is 13.3 Å². The van der Waals surface area contributed by atoms with Crippen LogP contribution in [-0.4, -0.2) is 23.9 Å². The smallest absolute Gasteiger partial charge is 0.131 e. The van der Waals surface area contributed by atoms with Gasteiger partial charge >= 0.3 is 0 Å². The molecule has 0 rings (SSSR count). The molecule has 0 aliphatic heterocycles. The summed E-state index contributed by atoms with van der Waals surface area (Å²) in [6, 6.07) is 0. The van der Waals surface area contributed by atoms with Crippen molar-refractivity contribution < 1.29 is 4.79 Å². The maximum absolute atomic E-state index is 10.6. The van der Waals surface area contributed by atoms with Crippen molar-refractivity contribution in [2.45, 2.75) is 33.1 Å². The summed E-state index contributed by atoms with van der Waals surface area (Å²) in [5.74, 6) is 0.0974. The van der Waals surface area contributed by atoms with Gasteiger partial charge in [0.1, 0.15) is 5.78 Å². The van der Waals surface area contributed by atoms with Gasteiger partial charge in [0.2, 0.25) is 0 Å². The Balaban J connectivity index is 3.52. The van der Waals surface area contributed by atoms with Crippen LogP contribution < -0.4 is 0 Å². The lowest BCUT2D eigenvalue weighted by Gasteiger charge is -2.12. The van der Waals surface area contributed by atoms with Crippen molar-refractivity contribution in [2.24, 2.45) is 5.29 Å². The Morgan fingerprint density at radius 2 is 2.08 bits per heavy atom. The van der Waals surface area contributed by atoms with Gasteiger partial charge in [-0.1, -0.05) is 13.3 Å². The summed E-state index contributed by atoms with van der Waals surface area (Å²) in [4.78, 5) is 20.8. The van der Waals surface area contributed by atoms with Crippen LogP contribution in [0.3, 0.4) is 0 Å². The standard InChI is InChI=1S/C8H16N2O2/c1-3-4-6-10(9-12)7-5-8(2)11/h3-7H2,1-2H3. The molecule has 12 heavy (non-hydrogen) atoms. The zero-order valence-corrected chi connectivity index (χ0v) is 7.75. The molecule has 0 N–H and O–H groups in total. The second-order valence-electron chi connectivity index (χ2n) is 2.84. The first kappa shape index (κ1) is 11.1. The van der Waals surface area contributed by atoms with Gasteiger partial charge in [0, 0.05) is 19.5 Å². The summed E-state index contributed by atoms with van der Waals surface area (Å²) in [5.41, 5.74) is 0. The van der Waals surface area contributed by atoms with Crippen molar-refractivity contribution >= 4 is 5.78 Å². The van der Waals surface area contributed by atoms with E-state index in [9.17, 15) is 9.70 Å². The largest absolute Gasteiger partial charge is 0.300 e. The van der Waals surface area contributed by atoms with Gasteiger partial charge in [0.15, 0.2) is 0 Å². The number of ketones is 1. The van der Waals surface area contributed by atoms with Crippen LogP contribution in [0.1, 0.15) is 33.1 Å². The predicted molar refractivity (Wildman–Crippen MR) is 47.6 cm³/mol. The predicted octanol–water partition coefficient (Wildman–Crippen LogP) is 1.75. The van der Waals surface area contributed by atoms with E-state index in [-0.39, 0.29) is 5.78 Å². The topological polar surface area (TPSA) is 49.7 Å². The Bertz CT molecular complexity index is 148. The van der Waals surface area contributed by atoms with Gasteiger partial charge in [-0.25, -0.2) is 0 Å². The second kappa shape index (κ2) is 6.76. The SMILES string of the molecule is CCCCN(CCC(C)=O)N=O. The maximum atomic E-state index is 10.6. The minimum Gasteiger partial charge on any atom is -0.300 e. The summed E-state index contributed by atoms with van der Waals surface area (Å²) in [6.45, 7) is 4.68. The van der Waals surface area contributed by atoms with Crippen LogP contribution in [0.15, 0.2) is 5.29 Å². The molecule has 70 valence electrons. The van der Waals surface area contributed by atoms with Crippen molar-refractivity contribution in [3.8, 4) is 0 Å². The Kier molecular flexibility index (Phi) is 6.24. The second-order valence-corrected chi connectivity index (χ2v) is 2.84. The van der Waals surface area contributed by atoms with Gasteiger partial charge in [-0.2, -0.15) is 0 Å². The van der Waals surface area contributed by atoms with E-state index in [1.165, 1.54) is 11.9 Å². The minimum atomic E-state index is 0.0974. The van der Waals surface area contributed by atoms with E-state index in [4.69, 9.17) is 0 Å². The highest BCUT2D eigenvalue weighted by atomic mass is 16.3. The van der Waals surface area contributed by atoms with Crippen molar-refractivity contribution in [3.05, 3.63) is 4.91 Å². The highest BCUT2D eigenvalue weighted by Crippen LogP contribution is 1.97. The number of Topliss-reactive ketones (excluding diaryl/α,β-unsaturated/α-hetero) is 1. The van der Waals surface area contributed by atoms with Crippen LogP contribution in [-0.2, 0) is 4.79 Å². The van der Waals surface area contributed by atoms with Crippen LogP contribution in [0, 0.1) is 4.91 Å². The number of unbranched alkanes of at least 4 members (excludes halogenated alkanes) is 1. The number of nitrogens with zero attached hydrogens (tertiary/aromatic N) is 2. The molecule has 0 aliphatic rings. The molecule has 0 radical (unpaired) electrons. The molecule has 0 saturated carbocycles. The summed E-state index contributed by atoms with van der Waals surface area (Å²) in [6.07, 6.45) is 2.39. The van der Waals surface area contributed by atoms with Gasteiger partial charge in [0.25, 0.3) is 0 Å². The number of carbonyl (C=O) groups is 1. The minimum absolute atomic E-state index is 0.0974. The molecule has 0 saturated heterocycles. The summed E-state index contributed by atoms with van der Waals surface area (Å²) in [7, 11) is 0. The monoisotopic (exact) mass is 172 g/mol. The lowest BCUT2D eigenvalue weighted by Crippen LogP contribution is -2.20. The van der Waals surface area contributed by atoms with E-state index in [2.05, 4.69) is 5.29 Å². The van der Waals surface area contributed by atoms with Gasteiger partial charge in [-0.15, -0.1) is 4.91 Å². The van der Waals surface area contributed by atoms with Crippen LogP contribution in [0.2, 0.25) is 0 Å². The lowest BCUT2D eigenvalue weighted by atomic mass is 10.3. The number of carbonyl (C=O) groups excluding carboxylic acids is 1. The zero-order chi connectivity index (χ0) is 9.40. The average molecular weight is 172 g/mol. The van der Waals surface area contributed by atoms with Crippen LogP contribution in [0.5, 0.6) is 0 Å². The molecule has 0 unspecified atom stereocenters. The summed E-state index contributed by atoms with van der Waals surface area (Å²) in [5, 5.41) is 4.24. The normalized spacial score (nSPS) is 9.50. The third kappa shape index (κ3) is 5.82. The molecule has 0 amide bonds. The molecule has 0 atom stereocenters. The van der Waals surface area contributed by atoms with Crippen molar-refractivity contribution in [1.82, 2.24) is 5.01 Å². The molecular weight excluding hydrogens is 156 g/mol. The number of nitroso groups, excluding NO2 is 1. The molecule has 0 aromatic carbocycles. The summed E-state index contributed by atoms with van der Waals surface area (Å²) >= 11 is 0. The third-order valence-corrected chi connectivity index (χ3v) is 1.61. The van der Waals surface area contributed by atoms with Gasteiger partial charge in [0.05, 0.1) is 5.29 Å². The Morgan fingerprint density at radius 3 is 2.50 bits per heavy atom. The van der Waals surface area contributed by atoms with Crippen LogP contribution in [0.4, 0.5) is 0 Å². The first-order valence-corrected chi connectivity index (χ1v) is 4.28. The van der Waals surface area contributed by atoms with E-state index in [0.717, 1.165) is 12.8 Å². The molecule has 0 aliphatic carbocycles. The number of hydrogen-bond donors (Lipinski definition) is 0. The molecule has 0 heterocycles. The van der Waals surface area contributed by atoms with E-state index in [1.54, 1.807) is 0 Å². The lowest BCUT2D eigenvalue weighted by molar-refractivity contribution is -0.117. The number of rotatable bonds is 7. The van der Waals surface area contributed by atoms with Crippen molar-refractivity contribution in [2.75, 3.05) is 13.1 Å². The molecule has 0 spiro atoms. The fraction of sp³-hybridized carbons (Fsp3) is 0.875. The van der Waals surface area contributed by atoms with Crippen LogP contribution in [0.25, 0.3) is 0 Å². The Labute approximate surface area is 72.9 Å². The molecular formula is C8H16N2O2. The maximum Gasteiger partial charge on any atom is 0.131 e. The number of hydrogen-bond acceptors (Lipinski definition) is 3. The Hall–Kier alpha value is -0.930. The van der Waals surface area contributed by atoms with E-state index in [1.807, 2.05) is 6.92 Å². The van der Waals surface area contributed by atoms with Crippen LogP contribution >= 0.6 is 0 Å². The summed E-state index contributed by atoms with van der Waals surface area (Å²) < 4.78 is 0. The molecule has 0 aromatic heterocycles. The molecule has 0 bridgehead atoms. The first-order chi connectivity index (χ1) is 5.70. The highest BCUT2D eigenvalue weighted by molar-refractivity contribution is 5.75. The van der Waals surface area contributed by atoms with Crippen molar-refractivity contribution in [3.63, 3.8) is 0 Å². The zero-order valence-electron chi connectivity index (χ0n) is 7.75. The molecule has 0 fully saturated rings. The first-order valence-electron chi connectivity index (χ1n) is 4.28. The van der Waals surface area contributed by atoms with E-state index < -0.39 is 0 Å². The fourth-order valence-electron chi connectivity index (χ4n) is 0.821. The van der Waals surface area contributed by atoms with E-state index >= 15 is 0 Å². The molecule has 4 heteroatoms. The van der Waals surface area contributed by atoms with E-state index in [0.29, 0.717) is 19.5 Å². The van der Waals surface area contributed by atoms with Crippen molar-refractivity contribution in [1.29, 1.82) is 0 Å².